The second-order valence-corrected chi connectivity index (χ2v) is 6.31. The third-order valence-electron chi connectivity index (χ3n) is 4.44. The minimum absolute atomic E-state index is 0.163. The maximum absolute atomic E-state index is 12.6. The summed E-state index contributed by atoms with van der Waals surface area (Å²) in [5, 5.41) is 0. The van der Waals surface area contributed by atoms with Crippen LogP contribution in [0.15, 0.2) is 0 Å². The lowest BCUT2D eigenvalue weighted by Gasteiger charge is -2.38. The first kappa shape index (κ1) is 14.8. The molecule has 1 amide bonds. The van der Waals surface area contributed by atoms with E-state index >= 15 is 0 Å². The Labute approximate surface area is 116 Å². The standard InChI is InChI=1S/C15H28N2O2/c1-11-9-17(10-12(2)19-11)15(18)14-5-3-4-13(8-14)6-7-16/h11-14H,3-10,16H2,1-2H3/t11-,12+,13?,14?. The number of hydrogen-bond donors (Lipinski definition) is 1. The van der Waals surface area contributed by atoms with Crippen molar-refractivity contribution in [3.8, 4) is 0 Å². The second-order valence-electron chi connectivity index (χ2n) is 6.31. The molecule has 2 unspecified atom stereocenters. The summed E-state index contributed by atoms with van der Waals surface area (Å²) in [4.78, 5) is 14.7. The Hall–Kier alpha value is -0.610. The molecule has 1 saturated carbocycles. The molecule has 4 nitrogen and oxygen atoms in total. The van der Waals surface area contributed by atoms with Crippen molar-refractivity contribution in [3.63, 3.8) is 0 Å². The van der Waals surface area contributed by atoms with Gasteiger partial charge in [-0.25, -0.2) is 0 Å². The molecule has 0 aromatic rings. The van der Waals surface area contributed by atoms with E-state index in [2.05, 4.69) is 0 Å². The van der Waals surface area contributed by atoms with Gasteiger partial charge in [-0.15, -0.1) is 0 Å². The Kier molecular flexibility index (Phi) is 5.22. The van der Waals surface area contributed by atoms with Crippen LogP contribution in [0.2, 0.25) is 0 Å². The van der Waals surface area contributed by atoms with E-state index in [4.69, 9.17) is 10.5 Å². The van der Waals surface area contributed by atoms with Crippen LogP contribution in [-0.4, -0.2) is 42.6 Å². The van der Waals surface area contributed by atoms with Crippen LogP contribution in [0.3, 0.4) is 0 Å². The molecule has 4 atom stereocenters. The molecule has 2 aliphatic rings. The summed E-state index contributed by atoms with van der Waals surface area (Å²) in [7, 11) is 0. The van der Waals surface area contributed by atoms with Crippen molar-refractivity contribution < 1.29 is 9.53 Å². The molecule has 0 aromatic carbocycles. The normalized spacial score (nSPS) is 36.3. The SMILES string of the molecule is C[C@@H]1CN(C(=O)C2CCCC(CCN)C2)C[C@H](C)O1. The predicted molar refractivity (Wildman–Crippen MR) is 75.7 cm³/mol. The van der Waals surface area contributed by atoms with Gasteiger partial charge in [-0.05, 0) is 45.6 Å². The van der Waals surface area contributed by atoms with Crippen LogP contribution < -0.4 is 5.73 Å². The first-order valence-electron chi connectivity index (χ1n) is 7.74. The van der Waals surface area contributed by atoms with Gasteiger partial charge < -0.3 is 15.4 Å². The fraction of sp³-hybridized carbons (Fsp3) is 0.933. The van der Waals surface area contributed by atoms with Crippen molar-refractivity contribution in [1.82, 2.24) is 4.90 Å². The topological polar surface area (TPSA) is 55.6 Å². The lowest BCUT2D eigenvalue weighted by molar-refractivity contribution is -0.149. The molecule has 0 radical (unpaired) electrons. The molecule has 0 spiro atoms. The van der Waals surface area contributed by atoms with Crippen molar-refractivity contribution >= 4 is 5.91 Å². The van der Waals surface area contributed by atoms with Crippen molar-refractivity contribution in [2.24, 2.45) is 17.6 Å². The Morgan fingerprint density at radius 3 is 2.58 bits per heavy atom. The van der Waals surface area contributed by atoms with Gasteiger partial charge in [0.05, 0.1) is 12.2 Å². The zero-order chi connectivity index (χ0) is 13.8. The third kappa shape index (κ3) is 3.93. The van der Waals surface area contributed by atoms with E-state index in [1.807, 2.05) is 18.7 Å². The van der Waals surface area contributed by atoms with E-state index in [1.165, 1.54) is 12.8 Å². The molecule has 2 rings (SSSR count). The lowest BCUT2D eigenvalue weighted by Crippen LogP contribution is -2.50. The highest BCUT2D eigenvalue weighted by molar-refractivity contribution is 5.79. The van der Waals surface area contributed by atoms with E-state index in [0.717, 1.165) is 38.9 Å². The Balaban J connectivity index is 1.91. The van der Waals surface area contributed by atoms with Gasteiger partial charge in [-0.3, -0.25) is 4.79 Å². The number of carbonyl (C=O) groups excluding carboxylic acids is 1. The number of rotatable bonds is 3. The van der Waals surface area contributed by atoms with E-state index < -0.39 is 0 Å². The molecule has 1 heterocycles. The minimum Gasteiger partial charge on any atom is -0.372 e. The number of amides is 1. The largest absolute Gasteiger partial charge is 0.372 e. The lowest BCUT2D eigenvalue weighted by atomic mass is 9.79. The van der Waals surface area contributed by atoms with Gasteiger partial charge in [0.1, 0.15) is 0 Å². The van der Waals surface area contributed by atoms with Gasteiger partial charge in [-0.1, -0.05) is 12.8 Å². The Morgan fingerprint density at radius 2 is 1.95 bits per heavy atom. The first-order chi connectivity index (χ1) is 9.10. The zero-order valence-electron chi connectivity index (χ0n) is 12.3. The van der Waals surface area contributed by atoms with Crippen molar-refractivity contribution in [1.29, 1.82) is 0 Å². The van der Waals surface area contributed by atoms with Crippen LogP contribution in [0.4, 0.5) is 0 Å². The fourth-order valence-electron chi connectivity index (χ4n) is 3.63. The van der Waals surface area contributed by atoms with E-state index in [1.54, 1.807) is 0 Å². The molecule has 110 valence electrons. The summed E-state index contributed by atoms with van der Waals surface area (Å²) in [6.07, 6.45) is 5.91. The molecular weight excluding hydrogens is 240 g/mol. The highest BCUT2D eigenvalue weighted by Crippen LogP contribution is 2.32. The summed E-state index contributed by atoms with van der Waals surface area (Å²) in [5.41, 5.74) is 5.65. The summed E-state index contributed by atoms with van der Waals surface area (Å²) < 4.78 is 5.70. The fourth-order valence-corrected chi connectivity index (χ4v) is 3.63. The smallest absolute Gasteiger partial charge is 0.225 e. The number of nitrogens with two attached hydrogens (primary N) is 1. The molecule has 0 bridgehead atoms. The van der Waals surface area contributed by atoms with Crippen LogP contribution in [0.5, 0.6) is 0 Å². The van der Waals surface area contributed by atoms with E-state index in [0.29, 0.717) is 11.8 Å². The highest BCUT2D eigenvalue weighted by Gasteiger charge is 2.33. The summed E-state index contributed by atoms with van der Waals surface area (Å²) in [6, 6.07) is 0. The zero-order valence-corrected chi connectivity index (χ0v) is 12.3. The second kappa shape index (κ2) is 6.71. The number of hydrogen-bond acceptors (Lipinski definition) is 3. The molecule has 1 aliphatic heterocycles. The quantitative estimate of drug-likeness (QED) is 0.849. The average molecular weight is 268 g/mol. The number of nitrogens with zero attached hydrogens (tertiary/aromatic N) is 1. The number of morpholine rings is 1. The molecule has 19 heavy (non-hydrogen) atoms. The Bertz CT molecular complexity index is 297. The summed E-state index contributed by atoms with van der Waals surface area (Å²) in [5.74, 6) is 1.23. The van der Waals surface area contributed by atoms with Crippen molar-refractivity contribution in [2.45, 2.75) is 58.2 Å². The van der Waals surface area contributed by atoms with Gasteiger partial charge >= 0.3 is 0 Å². The monoisotopic (exact) mass is 268 g/mol. The van der Waals surface area contributed by atoms with Gasteiger partial charge in [-0.2, -0.15) is 0 Å². The first-order valence-corrected chi connectivity index (χ1v) is 7.74. The van der Waals surface area contributed by atoms with Crippen LogP contribution in [0.1, 0.15) is 46.0 Å². The maximum atomic E-state index is 12.6. The summed E-state index contributed by atoms with van der Waals surface area (Å²) >= 11 is 0. The van der Waals surface area contributed by atoms with Crippen molar-refractivity contribution in [2.75, 3.05) is 19.6 Å². The molecule has 2 N–H and O–H groups in total. The average Bonchev–Trinajstić information content (AvgIpc) is 2.37. The predicted octanol–water partition coefficient (Wildman–Crippen LogP) is 1.78. The van der Waals surface area contributed by atoms with Gasteiger partial charge in [0, 0.05) is 19.0 Å². The number of ether oxygens (including phenoxy) is 1. The van der Waals surface area contributed by atoms with Gasteiger partial charge in [0.2, 0.25) is 5.91 Å². The molecule has 1 saturated heterocycles. The Morgan fingerprint density at radius 1 is 1.26 bits per heavy atom. The van der Waals surface area contributed by atoms with Gasteiger partial charge in [0.15, 0.2) is 0 Å². The summed E-state index contributed by atoms with van der Waals surface area (Å²) in [6.45, 7) is 6.35. The van der Waals surface area contributed by atoms with E-state index in [-0.39, 0.29) is 18.1 Å². The van der Waals surface area contributed by atoms with Crippen LogP contribution in [0, 0.1) is 11.8 Å². The van der Waals surface area contributed by atoms with E-state index in [9.17, 15) is 4.79 Å². The minimum atomic E-state index is 0.163. The molecule has 0 aromatic heterocycles. The highest BCUT2D eigenvalue weighted by atomic mass is 16.5. The molecular formula is C15H28N2O2. The number of carbonyl (C=O) groups is 1. The van der Waals surface area contributed by atoms with Gasteiger partial charge in [0.25, 0.3) is 0 Å². The maximum Gasteiger partial charge on any atom is 0.225 e. The van der Waals surface area contributed by atoms with Crippen LogP contribution >= 0.6 is 0 Å². The molecule has 4 heteroatoms. The molecule has 1 aliphatic carbocycles. The van der Waals surface area contributed by atoms with Crippen LogP contribution in [0.25, 0.3) is 0 Å². The molecule has 2 fully saturated rings. The van der Waals surface area contributed by atoms with Crippen molar-refractivity contribution in [3.05, 3.63) is 0 Å². The third-order valence-corrected chi connectivity index (χ3v) is 4.44. The van der Waals surface area contributed by atoms with Crippen LogP contribution in [-0.2, 0) is 9.53 Å².